The van der Waals surface area contributed by atoms with Gasteiger partial charge in [0.2, 0.25) is 0 Å². The molecule has 0 aliphatic heterocycles. The lowest BCUT2D eigenvalue weighted by Crippen LogP contribution is -2.53. The molecule has 13 heteroatoms. The van der Waals surface area contributed by atoms with Crippen LogP contribution < -0.4 is 0 Å². The van der Waals surface area contributed by atoms with Gasteiger partial charge in [-0.3, -0.25) is 0 Å². The molecular formula is C36H46N6O4Si3. The quantitative estimate of drug-likeness (QED) is 0.123. The predicted molar refractivity (Wildman–Crippen MR) is 202 cm³/mol. The molecule has 0 spiro atoms. The van der Waals surface area contributed by atoms with Crippen molar-refractivity contribution in [1.82, 2.24) is 30.0 Å². The van der Waals surface area contributed by atoms with Gasteiger partial charge >= 0.3 is 8.56 Å². The molecule has 2 N–H and O–H groups in total. The van der Waals surface area contributed by atoms with Gasteiger partial charge in [0.1, 0.15) is 44.9 Å². The summed E-state index contributed by atoms with van der Waals surface area (Å²) in [5.74, 6) is 0.403. The Morgan fingerprint density at radius 3 is 1.47 bits per heavy atom. The van der Waals surface area contributed by atoms with Crippen molar-refractivity contribution in [1.29, 1.82) is 0 Å². The highest BCUT2D eigenvalue weighted by molar-refractivity contribution is 6.87. The fourth-order valence-corrected chi connectivity index (χ4v) is 20.9. The molecule has 0 radical (unpaired) electrons. The van der Waals surface area contributed by atoms with Crippen LogP contribution in [0.5, 0.6) is 11.5 Å². The summed E-state index contributed by atoms with van der Waals surface area (Å²) in [6.07, 6.45) is 1.60. The fourth-order valence-electron chi connectivity index (χ4n) is 6.83. The Morgan fingerprint density at radius 2 is 1.00 bits per heavy atom. The van der Waals surface area contributed by atoms with E-state index in [1.165, 1.54) is 9.59 Å². The maximum absolute atomic E-state index is 11.4. The summed E-state index contributed by atoms with van der Waals surface area (Å²) in [7, 11) is -7.00. The zero-order valence-electron chi connectivity index (χ0n) is 29.7. The summed E-state index contributed by atoms with van der Waals surface area (Å²) in [5, 5.41) is 41.0. The summed E-state index contributed by atoms with van der Waals surface area (Å²) in [4.78, 5) is 3.05. The number of hydrogen-bond acceptors (Lipinski definition) is 8. The van der Waals surface area contributed by atoms with Crippen LogP contribution in [0.1, 0.15) is 28.7 Å². The minimum atomic E-state index is -2.53. The van der Waals surface area contributed by atoms with Gasteiger partial charge < -0.3 is 18.4 Å². The number of aromatic hydroxyl groups is 2. The van der Waals surface area contributed by atoms with E-state index in [0.29, 0.717) is 17.4 Å². The first-order valence-corrected chi connectivity index (χ1v) is 25.8. The van der Waals surface area contributed by atoms with Crippen LogP contribution in [-0.2, 0) is 20.7 Å². The zero-order chi connectivity index (χ0) is 35.1. The highest BCUT2D eigenvalue weighted by atomic mass is 28.5. The summed E-state index contributed by atoms with van der Waals surface area (Å²) in [6, 6.07) is 24.9. The lowest BCUT2D eigenvalue weighted by Gasteiger charge is -2.39. The monoisotopic (exact) mass is 710 g/mol. The number of hydrogen-bond donors (Lipinski definition) is 2. The van der Waals surface area contributed by atoms with Gasteiger partial charge in [-0.1, -0.05) is 36.4 Å². The van der Waals surface area contributed by atoms with Crippen LogP contribution >= 0.6 is 0 Å². The van der Waals surface area contributed by atoms with Crippen molar-refractivity contribution in [2.75, 3.05) is 0 Å². The third kappa shape index (κ3) is 8.02. The van der Waals surface area contributed by atoms with Crippen molar-refractivity contribution >= 4 is 47.3 Å². The Kier molecular flexibility index (Phi) is 9.41. The van der Waals surface area contributed by atoms with Crippen LogP contribution in [0.15, 0.2) is 72.8 Å². The number of nitrogens with zero attached hydrogens (tertiary/aromatic N) is 6. The minimum Gasteiger partial charge on any atom is -0.505 e. The molecule has 256 valence electrons. The molecule has 0 fully saturated rings. The van der Waals surface area contributed by atoms with Gasteiger partial charge in [0.15, 0.2) is 16.6 Å². The summed E-state index contributed by atoms with van der Waals surface area (Å²) >= 11 is 0. The molecule has 49 heavy (non-hydrogen) atoms. The number of phenols is 2. The number of aryl methyl sites for hydroxylation is 3. The Bertz CT molecular complexity index is 2080. The second-order valence-corrected chi connectivity index (χ2v) is 27.0. The van der Waals surface area contributed by atoms with Crippen LogP contribution in [0, 0.1) is 13.8 Å². The van der Waals surface area contributed by atoms with E-state index in [2.05, 4.69) is 59.7 Å². The lowest BCUT2D eigenvalue weighted by atomic mass is 10.0. The van der Waals surface area contributed by atoms with E-state index in [4.69, 9.17) is 8.23 Å². The van der Waals surface area contributed by atoms with Gasteiger partial charge in [-0.2, -0.15) is 0 Å². The average molecular weight is 711 g/mol. The van der Waals surface area contributed by atoms with Crippen LogP contribution in [-0.4, -0.2) is 65.4 Å². The van der Waals surface area contributed by atoms with Gasteiger partial charge in [0.05, 0.1) is 0 Å². The van der Waals surface area contributed by atoms with Crippen LogP contribution in [0.3, 0.4) is 0 Å². The number of phenolic OH excluding ortho intramolecular Hbond substituents is 2. The van der Waals surface area contributed by atoms with E-state index < -0.39 is 25.2 Å². The van der Waals surface area contributed by atoms with E-state index >= 15 is 0 Å². The van der Waals surface area contributed by atoms with E-state index in [1.54, 1.807) is 0 Å². The van der Waals surface area contributed by atoms with Crippen LogP contribution in [0.25, 0.3) is 33.4 Å². The van der Waals surface area contributed by atoms with E-state index in [9.17, 15) is 10.2 Å². The van der Waals surface area contributed by atoms with Gasteiger partial charge in [-0.25, -0.2) is 0 Å². The second kappa shape index (κ2) is 13.3. The third-order valence-corrected chi connectivity index (χ3v) is 19.7. The molecule has 0 aliphatic carbocycles. The molecule has 0 amide bonds. The highest BCUT2D eigenvalue weighted by Gasteiger charge is 2.40. The molecule has 2 heterocycles. The highest BCUT2D eigenvalue weighted by Crippen LogP contribution is 2.34. The Morgan fingerprint density at radius 1 is 0.592 bits per heavy atom. The van der Waals surface area contributed by atoms with Crippen molar-refractivity contribution in [2.45, 2.75) is 78.1 Å². The first-order valence-electron chi connectivity index (χ1n) is 16.8. The SMILES string of the molecule is Cc1cc(CCC[Si](C)(C)O[Si](C)(C)O[Si](C)(C)Cc2cc(C)cc(-n3nc4ccccc4n3)c2O)c(O)c(-n2nc3ccccc3n2)c1. The first kappa shape index (κ1) is 34.7. The van der Waals surface area contributed by atoms with Crippen molar-refractivity contribution < 1.29 is 18.4 Å². The lowest BCUT2D eigenvalue weighted by molar-refractivity contribution is 0.386. The van der Waals surface area contributed by atoms with Crippen LogP contribution in [0.4, 0.5) is 0 Å². The Balaban J connectivity index is 1.10. The molecule has 4 aromatic carbocycles. The predicted octanol–water partition coefficient (Wildman–Crippen LogP) is 8.04. The number of benzene rings is 4. The molecule has 0 saturated heterocycles. The number of fused-ring (bicyclic) bond motifs is 2. The standard InChI is InChI=1S/C36H46N6O4Si3/c1-25-20-27(35(43)33(22-25)41-37-29-15-9-10-16-30(29)38-41)14-13-19-47(3,4)45-49(7,8)46-48(5,6)24-28-21-26(2)23-34(36(28)44)42-39-31-17-11-12-18-32(31)40-42/h9-12,15-18,20-23,43-44H,13-14,19,24H2,1-8H3. The van der Waals surface area contributed by atoms with E-state index in [-0.39, 0.29) is 11.5 Å². The van der Waals surface area contributed by atoms with Crippen LogP contribution in [0.2, 0.25) is 45.3 Å². The fraction of sp³-hybridized carbons (Fsp3) is 0.333. The minimum absolute atomic E-state index is 0.185. The largest absolute Gasteiger partial charge is 0.505 e. The number of aromatic nitrogens is 6. The summed E-state index contributed by atoms with van der Waals surface area (Å²) in [6.45, 7) is 17.2. The molecule has 10 nitrogen and oxygen atoms in total. The Hall–Kier alpha value is -4.15. The number of rotatable bonds is 12. The van der Waals surface area contributed by atoms with Crippen molar-refractivity contribution in [3.05, 3.63) is 95.1 Å². The van der Waals surface area contributed by atoms with Gasteiger partial charge in [0, 0.05) is 0 Å². The molecule has 6 aromatic rings. The Labute approximate surface area is 290 Å². The van der Waals surface area contributed by atoms with Crippen molar-refractivity contribution in [3.8, 4) is 22.9 Å². The zero-order valence-corrected chi connectivity index (χ0v) is 32.7. The molecule has 6 rings (SSSR count). The molecule has 0 bridgehead atoms. The maximum Gasteiger partial charge on any atom is 0.311 e. The average Bonchev–Trinajstić information content (AvgIpc) is 3.63. The normalized spacial score (nSPS) is 12.7. The second-order valence-electron chi connectivity index (χ2n) is 14.7. The maximum atomic E-state index is 11.4. The van der Waals surface area contributed by atoms with E-state index in [0.717, 1.165) is 63.2 Å². The van der Waals surface area contributed by atoms with Gasteiger partial charge in [0.25, 0.3) is 0 Å². The summed E-state index contributed by atoms with van der Waals surface area (Å²) < 4.78 is 13.8. The molecule has 0 unspecified atom stereocenters. The first-order chi connectivity index (χ1) is 23.1. The molecule has 0 aliphatic rings. The van der Waals surface area contributed by atoms with E-state index in [1.807, 2.05) is 86.6 Å². The molecule has 0 saturated carbocycles. The van der Waals surface area contributed by atoms with Crippen molar-refractivity contribution in [2.24, 2.45) is 0 Å². The molecular weight excluding hydrogens is 665 g/mol. The topological polar surface area (TPSA) is 120 Å². The third-order valence-electron chi connectivity index (χ3n) is 8.52. The molecule has 2 aromatic heterocycles. The van der Waals surface area contributed by atoms with Gasteiger partial charge in [-0.15, -0.1) is 30.0 Å². The summed E-state index contributed by atoms with van der Waals surface area (Å²) in [5.41, 5.74) is 8.09. The van der Waals surface area contributed by atoms with Gasteiger partial charge in [-0.05, 0) is 137 Å². The van der Waals surface area contributed by atoms with Crippen molar-refractivity contribution in [3.63, 3.8) is 0 Å². The molecule has 0 atom stereocenters. The smallest absolute Gasteiger partial charge is 0.311 e.